The van der Waals surface area contributed by atoms with E-state index in [0.717, 1.165) is 0 Å². The first-order chi connectivity index (χ1) is 18.4. The molecule has 4 aromatic rings. The van der Waals surface area contributed by atoms with E-state index in [1.807, 2.05) is 32.3 Å². The van der Waals surface area contributed by atoms with Gasteiger partial charge in [0.1, 0.15) is 23.8 Å². The fraction of sp³-hybridized carbons (Fsp3) is 0.333. The zero-order valence-electron chi connectivity index (χ0n) is 21.9. The molecule has 9 nitrogen and oxygen atoms in total. The minimum Gasteiger partial charge on any atom is -0.370 e. The maximum absolute atomic E-state index is 15.3. The highest BCUT2D eigenvalue weighted by Crippen LogP contribution is 2.34. The predicted octanol–water partition coefficient (Wildman–Crippen LogP) is 5.31. The quantitative estimate of drug-likeness (QED) is 0.332. The second kappa shape index (κ2) is 10.1. The number of nitrogens with zero attached hydrogens (tertiary/aromatic N) is 5. The van der Waals surface area contributed by atoms with Gasteiger partial charge in [-0.05, 0) is 58.0 Å². The molecule has 1 fully saturated rings. The maximum Gasteiger partial charge on any atom is 0.253 e. The molecule has 39 heavy (non-hydrogen) atoms. The van der Waals surface area contributed by atoms with Crippen molar-refractivity contribution in [3.05, 3.63) is 59.0 Å². The minimum absolute atomic E-state index is 0.0359. The number of nitrogens with one attached hydrogen (secondary N) is 1. The van der Waals surface area contributed by atoms with Crippen molar-refractivity contribution in [2.45, 2.75) is 39.3 Å². The van der Waals surface area contributed by atoms with Crippen LogP contribution in [-0.2, 0) is 15.1 Å². The molecular formula is C27H28ClF2N7O2. The molecule has 204 valence electrons. The van der Waals surface area contributed by atoms with Crippen LogP contribution in [0.1, 0.15) is 39.6 Å². The van der Waals surface area contributed by atoms with Gasteiger partial charge in [0.2, 0.25) is 5.95 Å². The van der Waals surface area contributed by atoms with Crippen molar-refractivity contribution in [2.75, 3.05) is 30.0 Å². The van der Waals surface area contributed by atoms with Gasteiger partial charge in [-0.2, -0.15) is 0 Å². The summed E-state index contributed by atoms with van der Waals surface area (Å²) in [6, 6.07) is 7.42. The number of benzene rings is 2. The molecule has 0 bridgehead atoms. The Balaban J connectivity index is 1.50. The standard InChI is InChI=1S/C27H28ClF2N7O2/c1-14(2)37-21-10-15(9-19(30)24(21)34-25(37)27(3,4)31)23-17(28)12-32-26(35-23)33-16-5-6-20(18(29)11-16)36-7-8-39-13-22(36)38/h5-6,9-12,14H,7-8,13,31H2,1-4H3,(H,32,33,35). The molecule has 12 heteroatoms. The van der Waals surface area contributed by atoms with Crippen LogP contribution in [0, 0.1) is 11.6 Å². The molecule has 3 heterocycles. The normalized spacial score (nSPS) is 14.5. The van der Waals surface area contributed by atoms with E-state index in [9.17, 15) is 9.18 Å². The van der Waals surface area contributed by atoms with Gasteiger partial charge in [-0.1, -0.05) is 11.6 Å². The number of carbonyl (C=O) groups excluding carboxylic acids is 1. The summed E-state index contributed by atoms with van der Waals surface area (Å²) >= 11 is 6.44. The summed E-state index contributed by atoms with van der Waals surface area (Å²) in [5.74, 6) is -0.740. The lowest BCUT2D eigenvalue weighted by Gasteiger charge is -2.27. The number of imidazole rings is 1. The molecule has 0 radical (unpaired) electrons. The van der Waals surface area contributed by atoms with Crippen LogP contribution >= 0.6 is 11.6 Å². The molecule has 0 saturated carbocycles. The van der Waals surface area contributed by atoms with Crippen LogP contribution in [0.25, 0.3) is 22.3 Å². The van der Waals surface area contributed by atoms with Crippen LogP contribution in [0.4, 0.5) is 26.1 Å². The summed E-state index contributed by atoms with van der Waals surface area (Å²) in [6.45, 7) is 8.10. The zero-order valence-corrected chi connectivity index (χ0v) is 22.7. The number of fused-ring (bicyclic) bond motifs is 1. The van der Waals surface area contributed by atoms with E-state index in [-0.39, 0.29) is 53.0 Å². The van der Waals surface area contributed by atoms with Crippen molar-refractivity contribution in [3.8, 4) is 11.3 Å². The maximum atomic E-state index is 15.3. The Morgan fingerprint density at radius 1 is 1.15 bits per heavy atom. The van der Waals surface area contributed by atoms with Gasteiger partial charge in [0, 0.05) is 23.8 Å². The van der Waals surface area contributed by atoms with Crippen LogP contribution in [0.5, 0.6) is 0 Å². The number of halogens is 3. The Bertz CT molecular complexity index is 1580. The van der Waals surface area contributed by atoms with Gasteiger partial charge in [0.05, 0.1) is 40.3 Å². The van der Waals surface area contributed by atoms with Gasteiger partial charge in [0.25, 0.3) is 5.91 Å². The number of anilines is 3. The third-order valence-electron chi connectivity index (χ3n) is 6.34. The number of aromatic nitrogens is 4. The highest BCUT2D eigenvalue weighted by Gasteiger charge is 2.27. The molecular weight excluding hydrogens is 528 g/mol. The Morgan fingerprint density at radius 2 is 1.92 bits per heavy atom. The van der Waals surface area contributed by atoms with E-state index in [2.05, 4.69) is 20.3 Å². The summed E-state index contributed by atoms with van der Waals surface area (Å²) in [5.41, 5.74) is 7.55. The van der Waals surface area contributed by atoms with Crippen LogP contribution in [0.2, 0.25) is 5.02 Å². The van der Waals surface area contributed by atoms with Gasteiger partial charge in [-0.25, -0.2) is 23.7 Å². The van der Waals surface area contributed by atoms with Gasteiger partial charge in [-0.3, -0.25) is 4.79 Å². The van der Waals surface area contributed by atoms with Crippen LogP contribution in [0.15, 0.2) is 36.5 Å². The first-order valence-electron chi connectivity index (χ1n) is 12.4. The Hall–Kier alpha value is -3.67. The molecule has 0 aliphatic carbocycles. The topological polar surface area (TPSA) is 111 Å². The highest BCUT2D eigenvalue weighted by molar-refractivity contribution is 6.33. The molecule has 0 spiro atoms. The number of nitrogens with two attached hydrogens (primary N) is 1. The average Bonchev–Trinajstić information content (AvgIpc) is 3.27. The lowest BCUT2D eigenvalue weighted by atomic mass is 10.1. The molecule has 0 unspecified atom stereocenters. The number of ether oxygens (including phenoxy) is 1. The summed E-state index contributed by atoms with van der Waals surface area (Å²) in [5, 5.41) is 3.16. The molecule has 1 aliphatic heterocycles. The van der Waals surface area contributed by atoms with Gasteiger partial charge in [0.15, 0.2) is 5.82 Å². The van der Waals surface area contributed by atoms with Gasteiger partial charge in [-0.15, -0.1) is 0 Å². The number of morpholine rings is 1. The number of hydrogen-bond acceptors (Lipinski definition) is 7. The number of carbonyl (C=O) groups is 1. The van der Waals surface area contributed by atoms with Crippen LogP contribution < -0.4 is 16.0 Å². The first-order valence-corrected chi connectivity index (χ1v) is 12.8. The highest BCUT2D eigenvalue weighted by atomic mass is 35.5. The van der Waals surface area contributed by atoms with E-state index < -0.39 is 17.2 Å². The van der Waals surface area contributed by atoms with Gasteiger partial charge < -0.3 is 25.3 Å². The Kier molecular flexibility index (Phi) is 7.00. The van der Waals surface area contributed by atoms with Crippen molar-refractivity contribution in [2.24, 2.45) is 5.73 Å². The third kappa shape index (κ3) is 5.17. The fourth-order valence-corrected chi connectivity index (χ4v) is 4.80. The van der Waals surface area contributed by atoms with Gasteiger partial charge >= 0.3 is 0 Å². The largest absolute Gasteiger partial charge is 0.370 e. The van der Waals surface area contributed by atoms with Crippen molar-refractivity contribution in [3.63, 3.8) is 0 Å². The van der Waals surface area contributed by atoms with Crippen molar-refractivity contribution in [1.29, 1.82) is 0 Å². The fourth-order valence-electron chi connectivity index (χ4n) is 4.60. The number of hydrogen-bond donors (Lipinski definition) is 2. The molecule has 2 aromatic carbocycles. The molecule has 2 aromatic heterocycles. The number of amides is 1. The van der Waals surface area contributed by atoms with Crippen molar-refractivity contribution >= 4 is 45.9 Å². The van der Waals surface area contributed by atoms with E-state index in [1.54, 1.807) is 12.1 Å². The molecule has 1 aliphatic rings. The van der Waals surface area contributed by atoms with Crippen molar-refractivity contribution in [1.82, 2.24) is 19.5 Å². The SMILES string of the molecule is CC(C)n1c(C(C)(C)N)nc2c(F)cc(-c3nc(Nc4ccc(N5CCOCC5=O)c(F)c4)ncc3Cl)cc21. The molecule has 1 amide bonds. The summed E-state index contributed by atoms with van der Waals surface area (Å²) < 4.78 is 37.2. The first kappa shape index (κ1) is 26.9. The Labute approximate surface area is 229 Å². The zero-order chi connectivity index (χ0) is 28.1. The predicted molar refractivity (Wildman–Crippen MR) is 146 cm³/mol. The monoisotopic (exact) mass is 555 g/mol. The Morgan fingerprint density at radius 3 is 2.59 bits per heavy atom. The molecule has 5 rings (SSSR count). The van der Waals surface area contributed by atoms with E-state index in [4.69, 9.17) is 22.1 Å². The second-order valence-electron chi connectivity index (χ2n) is 10.2. The molecule has 1 saturated heterocycles. The summed E-state index contributed by atoms with van der Waals surface area (Å²) in [6.07, 6.45) is 1.39. The molecule has 0 atom stereocenters. The lowest BCUT2D eigenvalue weighted by Crippen LogP contribution is -2.42. The second-order valence-corrected chi connectivity index (χ2v) is 10.6. The average molecular weight is 556 g/mol. The van der Waals surface area contributed by atoms with E-state index >= 15 is 4.39 Å². The van der Waals surface area contributed by atoms with Crippen molar-refractivity contribution < 1.29 is 18.3 Å². The third-order valence-corrected chi connectivity index (χ3v) is 6.62. The summed E-state index contributed by atoms with van der Waals surface area (Å²) in [4.78, 5) is 26.6. The lowest BCUT2D eigenvalue weighted by molar-refractivity contribution is -0.125. The smallest absolute Gasteiger partial charge is 0.253 e. The minimum atomic E-state index is -0.792. The van der Waals surface area contributed by atoms with E-state index in [1.165, 1.54) is 29.3 Å². The van der Waals surface area contributed by atoms with Crippen LogP contribution in [0.3, 0.4) is 0 Å². The van der Waals surface area contributed by atoms with Crippen LogP contribution in [-0.4, -0.2) is 45.2 Å². The summed E-state index contributed by atoms with van der Waals surface area (Å²) in [7, 11) is 0. The van der Waals surface area contributed by atoms with E-state index in [0.29, 0.717) is 29.2 Å². The number of rotatable bonds is 6. The molecule has 3 N–H and O–H groups in total.